The second kappa shape index (κ2) is 4.33. The predicted octanol–water partition coefficient (Wildman–Crippen LogP) is 3.50. The summed E-state index contributed by atoms with van der Waals surface area (Å²) in [7, 11) is 0. The van der Waals surface area contributed by atoms with E-state index in [2.05, 4.69) is 31.1 Å². The van der Waals surface area contributed by atoms with Gasteiger partial charge in [0.15, 0.2) is 5.82 Å². The van der Waals surface area contributed by atoms with E-state index in [1.807, 2.05) is 13.8 Å². The van der Waals surface area contributed by atoms with Gasteiger partial charge in [-0.1, -0.05) is 29.8 Å². The molecule has 0 saturated carbocycles. The molecule has 1 heterocycles. The summed E-state index contributed by atoms with van der Waals surface area (Å²) in [6.45, 7) is 4.04. The maximum atomic E-state index is 13.1. The van der Waals surface area contributed by atoms with Gasteiger partial charge in [-0.25, -0.2) is 9.37 Å². The fourth-order valence-corrected chi connectivity index (χ4v) is 1.75. The van der Waals surface area contributed by atoms with E-state index in [1.165, 1.54) is 12.1 Å². The first kappa shape index (κ1) is 11.3. The molecule has 1 N–H and O–H groups in total. The Bertz CT molecular complexity index is 508. The van der Waals surface area contributed by atoms with Crippen LogP contribution in [0.5, 0.6) is 0 Å². The first-order chi connectivity index (χ1) is 7.58. The molecule has 0 amide bonds. The Morgan fingerprint density at radius 2 is 2.12 bits per heavy atom. The highest BCUT2D eigenvalue weighted by molar-refractivity contribution is 9.10. The number of hydrogen-bond acceptors (Lipinski definition) is 2. The topological polar surface area (TPSA) is 41.6 Å². The van der Waals surface area contributed by atoms with Gasteiger partial charge in [-0.2, -0.15) is 5.10 Å². The minimum Gasteiger partial charge on any atom is -0.262 e. The zero-order valence-electron chi connectivity index (χ0n) is 8.96. The molecule has 16 heavy (non-hydrogen) atoms. The normalized spacial score (nSPS) is 11.1. The van der Waals surface area contributed by atoms with Gasteiger partial charge in [-0.05, 0) is 18.2 Å². The van der Waals surface area contributed by atoms with Crippen LogP contribution in [-0.2, 0) is 0 Å². The lowest BCUT2D eigenvalue weighted by Crippen LogP contribution is -1.89. The molecule has 0 aliphatic heterocycles. The van der Waals surface area contributed by atoms with E-state index in [0.29, 0.717) is 11.4 Å². The lowest BCUT2D eigenvalue weighted by Gasteiger charge is -1.99. The Kier molecular flexibility index (Phi) is 3.05. The fourth-order valence-electron chi connectivity index (χ4n) is 1.32. The van der Waals surface area contributed by atoms with Gasteiger partial charge < -0.3 is 0 Å². The fraction of sp³-hybridized carbons (Fsp3) is 0.273. The van der Waals surface area contributed by atoms with Crippen molar-refractivity contribution >= 4 is 15.9 Å². The number of hydrogen-bond donors (Lipinski definition) is 1. The second-order valence-corrected chi connectivity index (χ2v) is 4.68. The van der Waals surface area contributed by atoms with Gasteiger partial charge in [0, 0.05) is 16.0 Å². The number of nitrogens with one attached hydrogen (secondary N) is 1. The maximum absolute atomic E-state index is 13.1. The van der Waals surface area contributed by atoms with Gasteiger partial charge in [-0.3, -0.25) is 5.10 Å². The monoisotopic (exact) mass is 283 g/mol. The molecule has 2 rings (SSSR count). The number of aromatic nitrogens is 3. The highest BCUT2D eigenvalue weighted by Crippen LogP contribution is 2.26. The highest BCUT2D eigenvalue weighted by atomic mass is 79.9. The molecule has 0 radical (unpaired) electrons. The van der Waals surface area contributed by atoms with Crippen molar-refractivity contribution < 1.29 is 4.39 Å². The molecule has 2 aromatic rings. The maximum Gasteiger partial charge on any atom is 0.182 e. The Balaban J connectivity index is 2.46. The summed E-state index contributed by atoms with van der Waals surface area (Å²) in [4.78, 5) is 4.32. The molecule has 5 heteroatoms. The summed E-state index contributed by atoms with van der Waals surface area (Å²) in [6.07, 6.45) is 0. The standard InChI is InChI=1S/C11H11BrFN3/c1-6(2)10-14-11(16-15-10)8-5-7(13)3-4-9(8)12/h3-6H,1-2H3,(H,14,15,16). The molecule has 0 unspecified atom stereocenters. The number of H-pyrrole nitrogens is 1. The van der Waals surface area contributed by atoms with Crippen LogP contribution >= 0.6 is 15.9 Å². The van der Waals surface area contributed by atoms with Crippen molar-refractivity contribution in [3.05, 3.63) is 34.3 Å². The van der Waals surface area contributed by atoms with Gasteiger partial charge in [0.05, 0.1) is 0 Å². The van der Waals surface area contributed by atoms with E-state index >= 15 is 0 Å². The zero-order valence-corrected chi connectivity index (χ0v) is 10.5. The van der Waals surface area contributed by atoms with Crippen LogP contribution in [0, 0.1) is 5.82 Å². The van der Waals surface area contributed by atoms with E-state index in [1.54, 1.807) is 6.07 Å². The van der Waals surface area contributed by atoms with Crippen molar-refractivity contribution in [2.75, 3.05) is 0 Å². The first-order valence-electron chi connectivity index (χ1n) is 4.95. The van der Waals surface area contributed by atoms with E-state index < -0.39 is 0 Å². The third kappa shape index (κ3) is 2.14. The summed E-state index contributed by atoms with van der Waals surface area (Å²) in [6, 6.07) is 4.46. The lowest BCUT2D eigenvalue weighted by molar-refractivity contribution is 0.628. The molecule has 0 saturated heterocycles. The molecular weight excluding hydrogens is 273 g/mol. The number of rotatable bonds is 2. The van der Waals surface area contributed by atoms with Crippen LogP contribution in [-0.4, -0.2) is 15.2 Å². The molecule has 84 valence electrons. The Hall–Kier alpha value is -1.23. The molecule has 0 fully saturated rings. The molecule has 1 aromatic carbocycles. The number of nitrogens with zero attached hydrogens (tertiary/aromatic N) is 2. The van der Waals surface area contributed by atoms with Gasteiger partial charge in [0.2, 0.25) is 0 Å². The van der Waals surface area contributed by atoms with Crippen LogP contribution in [0.15, 0.2) is 22.7 Å². The minimum absolute atomic E-state index is 0.272. The Morgan fingerprint density at radius 1 is 1.38 bits per heavy atom. The van der Waals surface area contributed by atoms with Crippen molar-refractivity contribution in [2.24, 2.45) is 0 Å². The number of benzene rings is 1. The van der Waals surface area contributed by atoms with E-state index in [-0.39, 0.29) is 11.7 Å². The van der Waals surface area contributed by atoms with Gasteiger partial charge in [0.25, 0.3) is 0 Å². The minimum atomic E-state index is -0.297. The van der Waals surface area contributed by atoms with E-state index in [0.717, 1.165) is 10.3 Å². The average molecular weight is 284 g/mol. The SMILES string of the molecule is CC(C)c1nc(-c2cc(F)ccc2Br)n[nH]1. The van der Waals surface area contributed by atoms with Gasteiger partial charge in [0.1, 0.15) is 11.6 Å². The van der Waals surface area contributed by atoms with Crippen LogP contribution < -0.4 is 0 Å². The van der Waals surface area contributed by atoms with Crippen molar-refractivity contribution in [3.8, 4) is 11.4 Å². The summed E-state index contributed by atoms with van der Waals surface area (Å²) >= 11 is 3.35. The van der Waals surface area contributed by atoms with E-state index in [4.69, 9.17) is 0 Å². The molecule has 0 aliphatic carbocycles. The molecular formula is C11H11BrFN3. The van der Waals surface area contributed by atoms with Crippen LogP contribution in [0.3, 0.4) is 0 Å². The molecule has 1 aromatic heterocycles. The largest absolute Gasteiger partial charge is 0.262 e. The summed E-state index contributed by atoms with van der Waals surface area (Å²) in [5, 5.41) is 6.92. The molecule has 3 nitrogen and oxygen atoms in total. The van der Waals surface area contributed by atoms with Crippen molar-refractivity contribution in [1.82, 2.24) is 15.2 Å². The van der Waals surface area contributed by atoms with Crippen molar-refractivity contribution in [3.63, 3.8) is 0 Å². The summed E-state index contributed by atoms with van der Waals surface area (Å²) < 4.78 is 13.9. The third-order valence-corrected chi connectivity index (χ3v) is 2.91. The predicted molar refractivity (Wildman–Crippen MR) is 63.6 cm³/mol. The van der Waals surface area contributed by atoms with Crippen LogP contribution in [0.4, 0.5) is 4.39 Å². The van der Waals surface area contributed by atoms with Gasteiger partial charge in [-0.15, -0.1) is 0 Å². The average Bonchev–Trinajstić information content (AvgIpc) is 2.70. The number of aromatic amines is 1. The first-order valence-corrected chi connectivity index (χ1v) is 5.75. The summed E-state index contributed by atoms with van der Waals surface area (Å²) in [5.41, 5.74) is 0.656. The van der Waals surface area contributed by atoms with Crippen LogP contribution in [0.2, 0.25) is 0 Å². The van der Waals surface area contributed by atoms with Crippen LogP contribution in [0.25, 0.3) is 11.4 Å². The Labute approximate surface area is 101 Å². The van der Waals surface area contributed by atoms with Crippen molar-refractivity contribution in [2.45, 2.75) is 19.8 Å². The van der Waals surface area contributed by atoms with Crippen LogP contribution in [0.1, 0.15) is 25.6 Å². The van der Waals surface area contributed by atoms with Gasteiger partial charge >= 0.3 is 0 Å². The van der Waals surface area contributed by atoms with Crippen molar-refractivity contribution in [1.29, 1.82) is 0 Å². The highest BCUT2D eigenvalue weighted by Gasteiger charge is 2.11. The molecule has 0 bridgehead atoms. The third-order valence-electron chi connectivity index (χ3n) is 2.22. The quantitative estimate of drug-likeness (QED) is 0.917. The second-order valence-electron chi connectivity index (χ2n) is 3.82. The summed E-state index contributed by atoms with van der Waals surface area (Å²) in [5.74, 6) is 1.28. The molecule has 0 spiro atoms. The Morgan fingerprint density at radius 3 is 2.75 bits per heavy atom. The zero-order chi connectivity index (χ0) is 11.7. The number of halogens is 2. The van der Waals surface area contributed by atoms with E-state index in [9.17, 15) is 4.39 Å². The molecule has 0 atom stereocenters. The lowest BCUT2D eigenvalue weighted by atomic mass is 10.2. The smallest absolute Gasteiger partial charge is 0.182 e. The molecule has 0 aliphatic rings.